The van der Waals surface area contributed by atoms with Crippen LogP contribution in [-0.4, -0.2) is 44.0 Å². The lowest BCUT2D eigenvalue weighted by atomic mass is 10.1. The molecule has 1 aromatic rings. The lowest BCUT2D eigenvalue weighted by molar-refractivity contribution is 0.217. The fourth-order valence-electron chi connectivity index (χ4n) is 2.24. The van der Waals surface area contributed by atoms with Gasteiger partial charge in [-0.3, -0.25) is 0 Å². The first kappa shape index (κ1) is 16.2. The fraction of sp³-hybridized carbons (Fsp3) is 0.583. The van der Waals surface area contributed by atoms with Crippen molar-refractivity contribution in [2.24, 2.45) is 0 Å². The summed E-state index contributed by atoms with van der Waals surface area (Å²) in [6, 6.07) is 1.43. The maximum absolute atomic E-state index is 12.4. The molecule has 0 saturated carbocycles. The number of likely N-dealkylation sites (tertiary alicyclic amines) is 1. The monoisotopic (exact) mass is 381 g/mol. The van der Waals surface area contributed by atoms with Crippen molar-refractivity contribution in [3.63, 3.8) is 0 Å². The van der Waals surface area contributed by atoms with E-state index < -0.39 is 10.0 Å². The minimum atomic E-state index is -3.63. The summed E-state index contributed by atoms with van der Waals surface area (Å²) in [7, 11) is -3.63. The summed E-state index contributed by atoms with van der Waals surface area (Å²) < 4.78 is 28.0. The zero-order chi connectivity index (χ0) is 14.8. The molecule has 0 bridgehead atoms. The van der Waals surface area contributed by atoms with Gasteiger partial charge in [0.1, 0.15) is 10.0 Å². The van der Waals surface area contributed by atoms with Crippen molar-refractivity contribution >= 4 is 37.6 Å². The smallest absolute Gasteiger partial charge is 0.243 e. The van der Waals surface area contributed by atoms with Crippen molar-refractivity contribution in [1.82, 2.24) is 14.6 Å². The van der Waals surface area contributed by atoms with Crippen molar-refractivity contribution in [1.29, 1.82) is 0 Å². The first-order chi connectivity index (χ1) is 9.42. The average molecular weight is 383 g/mol. The highest BCUT2D eigenvalue weighted by molar-refractivity contribution is 9.10. The molecule has 1 aliphatic heterocycles. The SMILES string of the molecule is CCN1CCC(NS(=O)(=O)c2cc(Br)cnc2Cl)CC1. The number of nitrogens with zero attached hydrogens (tertiary/aromatic N) is 2. The number of halogens is 2. The van der Waals surface area contributed by atoms with Gasteiger partial charge in [0, 0.05) is 16.7 Å². The van der Waals surface area contributed by atoms with Crippen LogP contribution in [0.1, 0.15) is 19.8 Å². The van der Waals surface area contributed by atoms with Gasteiger partial charge in [-0.25, -0.2) is 18.1 Å². The summed E-state index contributed by atoms with van der Waals surface area (Å²) in [6.07, 6.45) is 3.10. The van der Waals surface area contributed by atoms with Crippen molar-refractivity contribution < 1.29 is 8.42 Å². The summed E-state index contributed by atoms with van der Waals surface area (Å²) in [5, 5.41) is -0.00769. The van der Waals surface area contributed by atoms with E-state index in [-0.39, 0.29) is 16.1 Å². The maximum atomic E-state index is 12.4. The highest BCUT2D eigenvalue weighted by atomic mass is 79.9. The van der Waals surface area contributed by atoms with Gasteiger partial charge < -0.3 is 4.90 Å². The van der Waals surface area contributed by atoms with Crippen molar-refractivity contribution in [2.75, 3.05) is 19.6 Å². The molecule has 0 radical (unpaired) electrons. The first-order valence-corrected chi connectivity index (χ1v) is 9.13. The zero-order valence-corrected chi connectivity index (χ0v) is 14.3. The molecule has 20 heavy (non-hydrogen) atoms. The molecule has 0 aromatic carbocycles. The Morgan fingerprint density at radius 2 is 2.15 bits per heavy atom. The van der Waals surface area contributed by atoms with Gasteiger partial charge in [-0.05, 0) is 54.5 Å². The van der Waals surface area contributed by atoms with E-state index in [9.17, 15) is 8.42 Å². The summed E-state index contributed by atoms with van der Waals surface area (Å²) in [4.78, 5) is 6.18. The van der Waals surface area contributed by atoms with Crippen LogP contribution < -0.4 is 4.72 Å². The predicted molar refractivity (Wildman–Crippen MR) is 82.4 cm³/mol. The van der Waals surface area contributed by atoms with Crippen LogP contribution in [0.5, 0.6) is 0 Å². The number of aromatic nitrogens is 1. The van der Waals surface area contributed by atoms with Crippen LogP contribution in [0, 0.1) is 0 Å². The number of rotatable bonds is 4. The first-order valence-electron chi connectivity index (χ1n) is 6.48. The number of sulfonamides is 1. The van der Waals surface area contributed by atoms with E-state index in [4.69, 9.17) is 11.6 Å². The van der Waals surface area contributed by atoms with Gasteiger partial charge in [-0.15, -0.1) is 0 Å². The topological polar surface area (TPSA) is 62.3 Å². The molecule has 1 aliphatic rings. The van der Waals surface area contributed by atoms with Gasteiger partial charge in [-0.2, -0.15) is 0 Å². The number of piperidine rings is 1. The Morgan fingerprint density at radius 3 is 2.75 bits per heavy atom. The zero-order valence-electron chi connectivity index (χ0n) is 11.1. The largest absolute Gasteiger partial charge is 0.303 e. The van der Waals surface area contributed by atoms with Crippen LogP contribution in [0.4, 0.5) is 0 Å². The molecule has 5 nitrogen and oxygen atoms in total. The number of hydrogen-bond donors (Lipinski definition) is 1. The van der Waals surface area contributed by atoms with E-state index in [1.165, 1.54) is 12.3 Å². The van der Waals surface area contributed by atoms with Gasteiger partial charge >= 0.3 is 0 Å². The van der Waals surface area contributed by atoms with Crippen molar-refractivity contribution in [3.8, 4) is 0 Å². The molecule has 0 aliphatic carbocycles. The Morgan fingerprint density at radius 1 is 1.50 bits per heavy atom. The Labute approximate surface area is 132 Å². The van der Waals surface area contributed by atoms with Crippen LogP contribution in [0.3, 0.4) is 0 Å². The van der Waals surface area contributed by atoms with Crippen molar-refractivity contribution in [2.45, 2.75) is 30.7 Å². The van der Waals surface area contributed by atoms with Crippen molar-refractivity contribution in [3.05, 3.63) is 21.9 Å². The van der Waals surface area contributed by atoms with Gasteiger partial charge in [0.05, 0.1) is 0 Å². The molecule has 2 rings (SSSR count). The summed E-state index contributed by atoms with van der Waals surface area (Å²) >= 11 is 9.10. The molecular weight excluding hydrogens is 366 g/mol. The average Bonchev–Trinajstić information content (AvgIpc) is 2.42. The third-order valence-corrected chi connectivity index (χ3v) is 5.80. The second-order valence-corrected chi connectivity index (χ2v) is 7.73. The van der Waals surface area contributed by atoms with E-state index in [0.29, 0.717) is 4.47 Å². The minimum Gasteiger partial charge on any atom is -0.303 e. The summed E-state index contributed by atoms with van der Waals surface area (Å²) in [5.41, 5.74) is 0. The third kappa shape index (κ3) is 3.92. The highest BCUT2D eigenvalue weighted by Crippen LogP contribution is 2.23. The third-order valence-electron chi connectivity index (χ3n) is 3.42. The van der Waals surface area contributed by atoms with E-state index >= 15 is 0 Å². The standard InChI is InChI=1S/C12H17BrClN3O2S/c1-2-17-5-3-10(4-6-17)16-20(18,19)11-7-9(13)8-15-12(11)14/h7-8,10,16H,2-6H2,1H3. The quantitative estimate of drug-likeness (QED) is 0.811. The summed E-state index contributed by atoms with van der Waals surface area (Å²) in [5.74, 6) is 0. The van der Waals surface area contributed by atoms with Gasteiger partial charge in [0.25, 0.3) is 0 Å². The number of nitrogens with one attached hydrogen (secondary N) is 1. The lowest BCUT2D eigenvalue weighted by Crippen LogP contribution is -2.44. The maximum Gasteiger partial charge on any atom is 0.243 e. The Kier molecular flexibility index (Phi) is 5.42. The van der Waals surface area contributed by atoms with Gasteiger partial charge in [0.2, 0.25) is 10.0 Å². The fourth-order valence-corrected chi connectivity index (χ4v) is 4.49. The Balaban J connectivity index is 2.10. The second-order valence-electron chi connectivity index (χ2n) is 4.77. The predicted octanol–water partition coefficient (Wildman–Crippen LogP) is 2.26. The molecular formula is C12H17BrClN3O2S. The number of pyridine rings is 1. The van der Waals surface area contributed by atoms with E-state index in [1.54, 1.807) is 0 Å². The Bertz CT molecular complexity index is 574. The van der Waals surface area contributed by atoms with Gasteiger partial charge in [0.15, 0.2) is 0 Å². The second kappa shape index (κ2) is 6.70. The summed E-state index contributed by atoms with van der Waals surface area (Å²) in [6.45, 7) is 4.93. The molecule has 0 spiro atoms. The Hall–Kier alpha value is -0.210. The number of hydrogen-bond acceptors (Lipinski definition) is 4. The molecule has 1 saturated heterocycles. The molecule has 1 fully saturated rings. The minimum absolute atomic E-state index is 0.00769. The van der Waals surface area contributed by atoms with Crippen LogP contribution in [0.25, 0.3) is 0 Å². The molecule has 1 N–H and O–H groups in total. The van der Waals surface area contributed by atoms with E-state index in [0.717, 1.165) is 32.5 Å². The molecule has 0 unspecified atom stereocenters. The molecule has 2 heterocycles. The van der Waals surface area contributed by atoms with E-state index in [1.807, 2.05) is 0 Å². The van der Waals surface area contributed by atoms with E-state index in [2.05, 4.69) is 37.5 Å². The molecule has 0 atom stereocenters. The lowest BCUT2D eigenvalue weighted by Gasteiger charge is -2.31. The molecule has 8 heteroatoms. The molecule has 1 aromatic heterocycles. The molecule has 0 amide bonds. The van der Waals surface area contributed by atoms with Gasteiger partial charge in [-0.1, -0.05) is 18.5 Å². The normalized spacial score (nSPS) is 18.4. The highest BCUT2D eigenvalue weighted by Gasteiger charge is 2.26. The van der Waals surface area contributed by atoms with Crippen LogP contribution in [0.15, 0.2) is 21.6 Å². The van der Waals surface area contributed by atoms with Crippen LogP contribution in [0.2, 0.25) is 5.15 Å². The van der Waals surface area contributed by atoms with Crippen LogP contribution >= 0.6 is 27.5 Å². The molecule has 112 valence electrons. The van der Waals surface area contributed by atoms with Crippen LogP contribution in [-0.2, 0) is 10.0 Å².